The second kappa shape index (κ2) is 6.92. The molecule has 0 amide bonds. The summed E-state index contributed by atoms with van der Waals surface area (Å²) < 4.78 is 21.6. The zero-order valence-corrected chi connectivity index (χ0v) is 8.74. The summed E-state index contributed by atoms with van der Waals surface area (Å²) in [5, 5.41) is 3.27. The first-order chi connectivity index (χ1) is 6.18. The van der Waals surface area contributed by atoms with E-state index in [-0.39, 0.29) is 12.7 Å². The summed E-state index contributed by atoms with van der Waals surface area (Å²) >= 11 is 0. The molecule has 7 heteroatoms. The number of rotatable bonds is 7. The van der Waals surface area contributed by atoms with Crippen LogP contribution in [0.5, 0.6) is 0 Å². The van der Waals surface area contributed by atoms with Gasteiger partial charge in [-0.1, -0.05) is 5.11 Å². The molecule has 0 unspecified atom stereocenters. The number of azide groups is 1. The van der Waals surface area contributed by atoms with E-state index < -0.39 is 7.60 Å². The Morgan fingerprint density at radius 2 is 1.92 bits per heavy atom. The normalized spacial score (nSPS) is 10.9. The highest BCUT2D eigenvalue weighted by Gasteiger charge is 2.21. The van der Waals surface area contributed by atoms with Crippen molar-refractivity contribution in [3.63, 3.8) is 0 Å². The van der Waals surface area contributed by atoms with Gasteiger partial charge in [-0.25, -0.2) is 0 Å². The molecule has 13 heavy (non-hydrogen) atoms. The Balaban J connectivity index is 4.06. The molecule has 0 fully saturated rings. The molecule has 0 aromatic heterocycles. The third kappa shape index (κ3) is 5.66. The third-order valence-corrected chi connectivity index (χ3v) is 3.24. The van der Waals surface area contributed by atoms with E-state index in [0.29, 0.717) is 13.2 Å². The van der Waals surface area contributed by atoms with Crippen molar-refractivity contribution < 1.29 is 13.6 Å². The average molecular weight is 207 g/mol. The van der Waals surface area contributed by atoms with E-state index in [2.05, 4.69) is 10.0 Å². The summed E-state index contributed by atoms with van der Waals surface area (Å²) in [6, 6.07) is 0. The predicted octanol–water partition coefficient (Wildman–Crippen LogP) is 2.56. The fourth-order valence-corrected chi connectivity index (χ4v) is 2.23. The number of hydrogen-bond donors (Lipinski definition) is 0. The molecule has 0 aromatic carbocycles. The van der Waals surface area contributed by atoms with Crippen molar-refractivity contribution in [2.24, 2.45) is 5.11 Å². The van der Waals surface area contributed by atoms with Crippen LogP contribution in [0.15, 0.2) is 5.11 Å². The summed E-state index contributed by atoms with van der Waals surface area (Å²) in [6.45, 7) is 4.26. The van der Waals surface area contributed by atoms with Gasteiger partial charge in [0.25, 0.3) is 0 Å². The molecular weight excluding hydrogens is 193 g/mol. The first kappa shape index (κ1) is 12.5. The molecule has 0 aromatic rings. The Morgan fingerprint density at radius 3 is 2.31 bits per heavy atom. The lowest BCUT2D eigenvalue weighted by atomic mass is 10.8. The van der Waals surface area contributed by atoms with Gasteiger partial charge in [0.1, 0.15) is 0 Å². The van der Waals surface area contributed by atoms with Gasteiger partial charge in [-0.15, -0.1) is 0 Å². The van der Waals surface area contributed by atoms with Crippen LogP contribution >= 0.6 is 7.60 Å². The zero-order chi connectivity index (χ0) is 10.2. The highest BCUT2D eigenvalue weighted by atomic mass is 31.2. The monoisotopic (exact) mass is 207 g/mol. The van der Waals surface area contributed by atoms with Crippen LogP contribution in [0.3, 0.4) is 0 Å². The maximum atomic E-state index is 11.7. The van der Waals surface area contributed by atoms with Crippen molar-refractivity contribution in [1.29, 1.82) is 0 Å². The fourth-order valence-electron chi connectivity index (χ4n) is 0.772. The number of nitrogens with zero attached hydrogens (tertiary/aromatic N) is 3. The van der Waals surface area contributed by atoms with Gasteiger partial charge in [0.15, 0.2) is 0 Å². The molecule has 0 aliphatic carbocycles. The molecule has 0 atom stereocenters. The van der Waals surface area contributed by atoms with E-state index >= 15 is 0 Å². The third-order valence-electron chi connectivity index (χ3n) is 1.19. The fraction of sp³-hybridized carbons (Fsp3) is 1.00. The van der Waals surface area contributed by atoms with Crippen LogP contribution in [-0.2, 0) is 13.6 Å². The molecule has 6 nitrogen and oxygen atoms in total. The highest BCUT2D eigenvalue weighted by molar-refractivity contribution is 7.53. The Kier molecular flexibility index (Phi) is 6.63. The molecule has 0 rings (SSSR count). The van der Waals surface area contributed by atoms with Crippen LogP contribution in [0.25, 0.3) is 10.4 Å². The van der Waals surface area contributed by atoms with Crippen LogP contribution in [0.2, 0.25) is 0 Å². The first-order valence-electron chi connectivity index (χ1n) is 4.07. The highest BCUT2D eigenvalue weighted by Crippen LogP contribution is 2.47. The van der Waals surface area contributed by atoms with E-state index in [1.54, 1.807) is 13.8 Å². The average Bonchev–Trinajstić information content (AvgIpc) is 2.05. The van der Waals surface area contributed by atoms with Crippen LogP contribution in [0.4, 0.5) is 0 Å². The molecule has 0 heterocycles. The van der Waals surface area contributed by atoms with Crippen LogP contribution < -0.4 is 0 Å². The SMILES string of the molecule is CCOP(=O)(CCN=[N+]=[N-])OCC. The quantitative estimate of drug-likeness (QED) is 0.278. The predicted molar refractivity (Wildman–Crippen MR) is 49.7 cm³/mol. The second-order valence-corrected chi connectivity index (χ2v) is 4.31. The first-order valence-corrected chi connectivity index (χ1v) is 5.80. The largest absolute Gasteiger partial charge is 0.330 e. The van der Waals surface area contributed by atoms with Crippen molar-refractivity contribution in [3.8, 4) is 0 Å². The lowest BCUT2D eigenvalue weighted by Gasteiger charge is -2.15. The van der Waals surface area contributed by atoms with Crippen LogP contribution in [0, 0.1) is 0 Å². The van der Waals surface area contributed by atoms with Crippen molar-refractivity contribution in [1.82, 2.24) is 0 Å². The van der Waals surface area contributed by atoms with E-state index in [9.17, 15) is 4.57 Å². The topological polar surface area (TPSA) is 84.3 Å². The lowest BCUT2D eigenvalue weighted by molar-refractivity contribution is 0.221. The van der Waals surface area contributed by atoms with Crippen molar-refractivity contribution >= 4 is 7.60 Å². The van der Waals surface area contributed by atoms with E-state index in [1.807, 2.05) is 0 Å². The summed E-state index contributed by atoms with van der Waals surface area (Å²) in [5.41, 5.74) is 8.01. The molecule has 0 saturated carbocycles. The Morgan fingerprint density at radius 1 is 1.38 bits per heavy atom. The van der Waals surface area contributed by atoms with Crippen molar-refractivity contribution in [2.45, 2.75) is 13.8 Å². The maximum Gasteiger partial charge on any atom is 0.330 e. The smallest absolute Gasteiger partial charge is 0.309 e. The zero-order valence-electron chi connectivity index (χ0n) is 7.84. The Bertz CT molecular complexity index is 217. The number of hydrogen-bond acceptors (Lipinski definition) is 4. The van der Waals surface area contributed by atoms with Gasteiger partial charge in [-0.3, -0.25) is 4.57 Å². The summed E-state index contributed by atoms with van der Waals surface area (Å²) in [6.07, 6.45) is 0.138. The van der Waals surface area contributed by atoms with Gasteiger partial charge in [0, 0.05) is 11.5 Å². The van der Waals surface area contributed by atoms with E-state index in [1.165, 1.54) is 0 Å². The van der Waals surface area contributed by atoms with Gasteiger partial charge >= 0.3 is 7.60 Å². The minimum atomic E-state index is -3.01. The second-order valence-electron chi connectivity index (χ2n) is 2.12. The molecule has 0 bridgehead atoms. The van der Waals surface area contributed by atoms with E-state index in [4.69, 9.17) is 14.6 Å². The van der Waals surface area contributed by atoms with Gasteiger partial charge in [0.2, 0.25) is 0 Å². The van der Waals surface area contributed by atoms with Gasteiger partial charge in [-0.05, 0) is 19.4 Å². The Labute approximate surface area is 77.4 Å². The molecule has 76 valence electrons. The minimum absolute atomic E-state index is 0.133. The molecular formula is C6H14N3O3P. The molecule has 0 aliphatic heterocycles. The lowest BCUT2D eigenvalue weighted by Crippen LogP contribution is -2.01. The van der Waals surface area contributed by atoms with Crippen molar-refractivity contribution in [2.75, 3.05) is 25.9 Å². The molecule has 0 N–H and O–H groups in total. The van der Waals surface area contributed by atoms with Crippen molar-refractivity contribution in [3.05, 3.63) is 10.4 Å². The molecule has 0 saturated heterocycles. The van der Waals surface area contributed by atoms with Gasteiger partial charge < -0.3 is 9.05 Å². The van der Waals surface area contributed by atoms with E-state index in [0.717, 1.165) is 0 Å². The summed E-state index contributed by atoms with van der Waals surface area (Å²) in [4.78, 5) is 2.55. The van der Waals surface area contributed by atoms with Gasteiger partial charge in [0.05, 0.1) is 19.4 Å². The molecule has 0 spiro atoms. The van der Waals surface area contributed by atoms with Crippen LogP contribution in [0.1, 0.15) is 13.8 Å². The molecule has 0 radical (unpaired) electrons. The summed E-state index contributed by atoms with van der Waals surface area (Å²) in [5.74, 6) is 0. The summed E-state index contributed by atoms with van der Waals surface area (Å²) in [7, 11) is -3.01. The van der Waals surface area contributed by atoms with Gasteiger partial charge in [-0.2, -0.15) is 0 Å². The minimum Gasteiger partial charge on any atom is -0.309 e. The maximum absolute atomic E-state index is 11.7. The standard InChI is InChI=1S/C6H14N3O3P/c1-3-11-13(10,12-4-2)6-5-8-9-7/h3-6H2,1-2H3. The molecule has 0 aliphatic rings. The Hall–Kier alpha value is -0.540. The van der Waals surface area contributed by atoms with Crippen LogP contribution in [-0.4, -0.2) is 25.9 Å².